The number of nitrogens with zero attached hydrogens (tertiary/aromatic N) is 2. The molecule has 2 fully saturated rings. The van der Waals surface area contributed by atoms with Crippen LogP contribution in [0.4, 0.5) is 0 Å². The minimum absolute atomic E-state index is 0.00769. The quantitative estimate of drug-likeness (QED) is 0.408. The van der Waals surface area contributed by atoms with Crippen LogP contribution in [0.1, 0.15) is 75.5 Å². The van der Waals surface area contributed by atoms with Crippen LogP contribution in [0.15, 0.2) is 18.2 Å². The largest absolute Gasteiger partial charge is 0.497 e. The van der Waals surface area contributed by atoms with Crippen molar-refractivity contribution in [2.75, 3.05) is 44.8 Å². The van der Waals surface area contributed by atoms with E-state index in [1.165, 1.54) is 11.1 Å². The lowest BCUT2D eigenvalue weighted by Crippen LogP contribution is -2.57. The van der Waals surface area contributed by atoms with E-state index in [2.05, 4.69) is 28.7 Å². The van der Waals surface area contributed by atoms with Crippen molar-refractivity contribution in [3.8, 4) is 5.75 Å². The van der Waals surface area contributed by atoms with Crippen molar-refractivity contribution < 1.29 is 21.6 Å². The van der Waals surface area contributed by atoms with Gasteiger partial charge in [0.2, 0.25) is 20.0 Å². The maximum Gasteiger partial charge on any atom is 0.214 e. The van der Waals surface area contributed by atoms with Gasteiger partial charge in [-0.05, 0) is 67.7 Å². The molecule has 0 saturated carbocycles. The lowest BCUT2D eigenvalue weighted by Gasteiger charge is -2.51. The molecular weight excluding hydrogens is 498 g/mol. The molecule has 3 aliphatic rings. The number of benzene rings is 1. The van der Waals surface area contributed by atoms with E-state index < -0.39 is 20.0 Å². The predicted octanol–water partition coefficient (Wildman–Crippen LogP) is 3.30. The van der Waals surface area contributed by atoms with Gasteiger partial charge in [0, 0.05) is 38.3 Å². The molecule has 0 bridgehead atoms. The van der Waals surface area contributed by atoms with Gasteiger partial charge in [0.05, 0.1) is 18.6 Å². The first-order valence-corrected chi connectivity index (χ1v) is 16.9. The minimum Gasteiger partial charge on any atom is -0.497 e. The smallest absolute Gasteiger partial charge is 0.214 e. The zero-order valence-electron chi connectivity index (χ0n) is 21.8. The maximum atomic E-state index is 13.4. The fraction of sp³-hybridized carbons (Fsp3) is 0.769. The normalized spacial score (nSPS) is 25.1. The molecule has 4 rings (SSSR count). The molecule has 1 aromatic carbocycles. The summed E-state index contributed by atoms with van der Waals surface area (Å²) in [5, 5.41) is 0. The van der Waals surface area contributed by atoms with E-state index in [9.17, 15) is 16.8 Å². The van der Waals surface area contributed by atoms with Crippen LogP contribution < -0.4 is 9.46 Å². The summed E-state index contributed by atoms with van der Waals surface area (Å²) in [5.41, 5.74) is 2.61. The highest BCUT2D eigenvalue weighted by Crippen LogP contribution is 2.44. The van der Waals surface area contributed by atoms with E-state index in [1.807, 2.05) is 6.07 Å². The van der Waals surface area contributed by atoms with Crippen LogP contribution in [0.5, 0.6) is 5.75 Å². The summed E-state index contributed by atoms with van der Waals surface area (Å²) in [4.78, 5) is 2.54. The van der Waals surface area contributed by atoms with E-state index in [0.29, 0.717) is 25.3 Å². The summed E-state index contributed by atoms with van der Waals surface area (Å²) in [6.07, 6.45) is 7.69. The number of piperidine rings is 2. The van der Waals surface area contributed by atoms with Gasteiger partial charge in [-0.1, -0.05) is 32.3 Å². The SMILES string of the molecule is CCCCCCS(=O)(=O)NCCCS(=O)(=O)N1CCC[C@H]2CN3CCc4cc(OC)ccc4[C@@H]3C[C@H]21. The van der Waals surface area contributed by atoms with Gasteiger partial charge in [0.25, 0.3) is 0 Å². The van der Waals surface area contributed by atoms with Crippen LogP contribution in [0.25, 0.3) is 0 Å². The molecule has 36 heavy (non-hydrogen) atoms. The fourth-order valence-corrected chi connectivity index (χ4v) is 9.26. The Morgan fingerprint density at radius 3 is 2.67 bits per heavy atom. The Morgan fingerprint density at radius 1 is 1.06 bits per heavy atom. The molecule has 3 aliphatic heterocycles. The minimum atomic E-state index is -3.46. The molecule has 3 heterocycles. The summed E-state index contributed by atoms with van der Waals surface area (Å²) in [6.45, 7) is 4.76. The third kappa shape index (κ3) is 6.62. The van der Waals surface area contributed by atoms with Gasteiger partial charge in [0.1, 0.15) is 5.75 Å². The van der Waals surface area contributed by atoms with Gasteiger partial charge < -0.3 is 4.74 Å². The Labute approximate surface area is 217 Å². The summed E-state index contributed by atoms with van der Waals surface area (Å²) < 4.78 is 61.0. The van der Waals surface area contributed by atoms with E-state index in [4.69, 9.17) is 4.74 Å². The Morgan fingerprint density at radius 2 is 1.89 bits per heavy atom. The highest BCUT2D eigenvalue weighted by atomic mass is 32.2. The van der Waals surface area contributed by atoms with Crippen LogP contribution >= 0.6 is 0 Å². The number of hydrogen-bond acceptors (Lipinski definition) is 6. The predicted molar refractivity (Wildman–Crippen MR) is 143 cm³/mol. The molecule has 0 spiro atoms. The van der Waals surface area contributed by atoms with Crippen molar-refractivity contribution in [1.29, 1.82) is 0 Å². The standard InChI is InChI=1S/C26H43N3O5S2/c1-3-4-5-6-16-35(30,31)27-13-8-17-36(32,33)29-14-7-9-22-20-28-15-12-21-18-23(34-2)10-11-24(21)26(28)19-25(22)29/h10-11,18,22,25-27H,3-9,12-17,19-20H2,1-2H3/t22-,25+,26-/m0/s1. The average Bonchev–Trinajstić information content (AvgIpc) is 2.87. The molecule has 0 aromatic heterocycles. The molecule has 3 atom stereocenters. The van der Waals surface area contributed by atoms with E-state index in [-0.39, 0.29) is 30.1 Å². The topological polar surface area (TPSA) is 96.0 Å². The lowest BCUT2D eigenvalue weighted by atomic mass is 9.77. The van der Waals surface area contributed by atoms with Gasteiger partial charge >= 0.3 is 0 Å². The summed E-state index contributed by atoms with van der Waals surface area (Å²) in [6, 6.07) is 6.53. The molecule has 0 radical (unpaired) electrons. The summed E-state index contributed by atoms with van der Waals surface area (Å²) in [5.74, 6) is 1.32. The van der Waals surface area contributed by atoms with Crippen molar-refractivity contribution in [3.63, 3.8) is 0 Å². The van der Waals surface area contributed by atoms with Gasteiger partial charge in [-0.2, -0.15) is 4.31 Å². The molecule has 0 unspecified atom stereocenters. The number of nitrogens with one attached hydrogen (secondary N) is 1. The number of fused-ring (bicyclic) bond motifs is 4. The van der Waals surface area contributed by atoms with Crippen molar-refractivity contribution in [3.05, 3.63) is 29.3 Å². The second kappa shape index (κ2) is 12.1. The van der Waals surface area contributed by atoms with Gasteiger partial charge in [-0.25, -0.2) is 21.6 Å². The summed E-state index contributed by atoms with van der Waals surface area (Å²) in [7, 11) is -5.12. The van der Waals surface area contributed by atoms with Crippen molar-refractivity contribution in [2.45, 2.75) is 76.8 Å². The highest BCUT2D eigenvalue weighted by Gasteiger charge is 2.45. The van der Waals surface area contributed by atoms with Gasteiger partial charge in [-0.15, -0.1) is 0 Å². The monoisotopic (exact) mass is 541 g/mol. The average molecular weight is 542 g/mol. The van der Waals surface area contributed by atoms with Crippen LogP contribution in [0.3, 0.4) is 0 Å². The van der Waals surface area contributed by atoms with Crippen molar-refractivity contribution >= 4 is 20.0 Å². The molecule has 0 amide bonds. The Bertz CT molecular complexity index is 1090. The molecule has 8 nitrogen and oxygen atoms in total. The highest BCUT2D eigenvalue weighted by molar-refractivity contribution is 7.89. The molecular formula is C26H43N3O5S2. The zero-order valence-corrected chi connectivity index (χ0v) is 23.5. The zero-order chi connectivity index (χ0) is 25.8. The molecule has 1 N–H and O–H groups in total. The van der Waals surface area contributed by atoms with Crippen LogP contribution in [0.2, 0.25) is 0 Å². The maximum absolute atomic E-state index is 13.4. The van der Waals surface area contributed by atoms with Crippen molar-refractivity contribution in [2.24, 2.45) is 5.92 Å². The van der Waals surface area contributed by atoms with Crippen LogP contribution in [-0.2, 0) is 26.5 Å². The second-order valence-corrected chi connectivity index (χ2v) is 14.6. The molecule has 10 heteroatoms. The van der Waals surface area contributed by atoms with Gasteiger partial charge in [0.15, 0.2) is 0 Å². The van der Waals surface area contributed by atoms with E-state index in [1.54, 1.807) is 11.4 Å². The van der Waals surface area contributed by atoms with E-state index in [0.717, 1.165) is 63.8 Å². The molecule has 0 aliphatic carbocycles. The number of unbranched alkanes of at least 4 members (excludes halogenated alkanes) is 3. The third-order valence-corrected chi connectivity index (χ3v) is 11.6. The fourth-order valence-electron chi connectivity index (χ4n) is 6.25. The molecule has 204 valence electrons. The lowest BCUT2D eigenvalue weighted by molar-refractivity contribution is 0.0219. The third-order valence-electron chi connectivity index (χ3n) is 8.14. The van der Waals surface area contributed by atoms with E-state index >= 15 is 0 Å². The van der Waals surface area contributed by atoms with Crippen LogP contribution in [-0.4, -0.2) is 76.9 Å². The Hall–Kier alpha value is -1.20. The second-order valence-electron chi connectivity index (χ2n) is 10.6. The number of methoxy groups -OCH3 is 1. The van der Waals surface area contributed by atoms with Gasteiger partial charge in [-0.3, -0.25) is 4.90 Å². The Balaban J connectivity index is 1.36. The first-order valence-electron chi connectivity index (χ1n) is 13.6. The number of rotatable bonds is 12. The number of ether oxygens (including phenoxy) is 1. The summed E-state index contributed by atoms with van der Waals surface area (Å²) >= 11 is 0. The Kier molecular flexibility index (Phi) is 9.36. The molecule has 2 saturated heterocycles. The molecule has 1 aromatic rings. The number of sulfonamides is 2. The van der Waals surface area contributed by atoms with Crippen molar-refractivity contribution in [1.82, 2.24) is 13.9 Å². The number of hydrogen-bond donors (Lipinski definition) is 1. The van der Waals surface area contributed by atoms with Crippen LogP contribution in [0, 0.1) is 5.92 Å². The first kappa shape index (κ1) is 27.8. The first-order chi connectivity index (χ1) is 17.2.